The lowest BCUT2D eigenvalue weighted by molar-refractivity contribution is 0.226. The van der Waals surface area contributed by atoms with Crippen molar-refractivity contribution < 1.29 is 14.2 Å². The molecule has 1 aliphatic rings. The number of nitrogens with one attached hydrogen (secondary N) is 1. The van der Waals surface area contributed by atoms with Gasteiger partial charge in [0.05, 0.1) is 0 Å². The molecule has 2 N–H and O–H groups in total. The molecule has 2 aromatic carbocycles. The highest BCUT2D eigenvalue weighted by Crippen LogP contribution is 2.33. The van der Waals surface area contributed by atoms with Gasteiger partial charge in [-0.05, 0) is 42.7 Å². The molecule has 1 unspecified atom stereocenters. The van der Waals surface area contributed by atoms with Gasteiger partial charge in [0.2, 0.25) is 0 Å². The Morgan fingerprint density at radius 2 is 1.84 bits per heavy atom. The number of aromatic nitrogens is 2. The molecule has 0 spiro atoms. The van der Waals surface area contributed by atoms with Crippen LogP contribution in [0.2, 0.25) is 0 Å². The maximum absolute atomic E-state index is 13.4. The number of hydrogen-bond donors (Lipinski definition) is 2. The van der Waals surface area contributed by atoms with Crippen LogP contribution in [0.25, 0.3) is 0 Å². The summed E-state index contributed by atoms with van der Waals surface area (Å²) in [5, 5.41) is 12.3. The fraction of sp³-hybridized carbons (Fsp3) is 0.304. The van der Waals surface area contributed by atoms with Crippen molar-refractivity contribution in [3.63, 3.8) is 0 Å². The lowest BCUT2D eigenvalue weighted by atomic mass is 10.2. The van der Waals surface area contributed by atoms with E-state index >= 15 is 0 Å². The van der Waals surface area contributed by atoms with Crippen molar-refractivity contribution >= 4 is 11.5 Å². The number of aliphatic hydroxyl groups is 1. The highest BCUT2D eigenvalue weighted by Gasteiger charge is 2.36. The molecule has 9 heteroatoms. The van der Waals surface area contributed by atoms with Gasteiger partial charge >= 0.3 is 5.69 Å². The summed E-state index contributed by atoms with van der Waals surface area (Å²) in [5.74, 6) is 0.628. The molecule has 0 aliphatic carbocycles. The summed E-state index contributed by atoms with van der Waals surface area (Å²) in [6.45, 7) is 2.13. The summed E-state index contributed by atoms with van der Waals surface area (Å²) in [6, 6.07) is 13.5. The molecule has 0 amide bonds. The molecule has 168 valence electrons. The minimum atomic E-state index is -0.761. The van der Waals surface area contributed by atoms with Crippen LogP contribution >= 0.6 is 0 Å². The number of fused-ring (bicyclic) bond motifs is 1. The molecule has 1 atom stereocenters. The smallest absolute Gasteiger partial charge is 0.332 e. The van der Waals surface area contributed by atoms with E-state index in [1.807, 2.05) is 31.2 Å². The molecule has 0 saturated heterocycles. The molecule has 1 aliphatic heterocycles. The first-order valence-corrected chi connectivity index (χ1v) is 10.4. The first-order valence-electron chi connectivity index (χ1n) is 10.4. The Labute approximate surface area is 184 Å². The minimum Gasteiger partial charge on any atom is -0.452 e. The first-order chi connectivity index (χ1) is 15.4. The third-order valence-electron chi connectivity index (χ3n) is 5.49. The van der Waals surface area contributed by atoms with Crippen molar-refractivity contribution in [2.24, 2.45) is 7.05 Å². The van der Waals surface area contributed by atoms with Gasteiger partial charge in [0.25, 0.3) is 11.9 Å². The average Bonchev–Trinajstić information content (AvgIpc) is 3.13. The quantitative estimate of drug-likeness (QED) is 0.586. The third kappa shape index (κ3) is 3.99. The zero-order valence-electron chi connectivity index (χ0n) is 17.9. The van der Waals surface area contributed by atoms with E-state index in [0.29, 0.717) is 11.6 Å². The van der Waals surface area contributed by atoms with Gasteiger partial charge in [-0.2, -0.15) is 0 Å². The summed E-state index contributed by atoms with van der Waals surface area (Å²) in [5.41, 5.74) is 1.03. The largest absolute Gasteiger partial charge is 0.452 e. The third-order valence-corrected chi connectivity index (χ3v) is 5.49. The number of aryl methyl sites for hydroxylation is 1. The maximum Gasteiger partial charge on any atom is 0.332 e. The lowest BCUT2D eigenvalue weighted by Crippen LogP contribution is -2.43. The van der Waals surface area contributed by atoms with Crippen LogP contribution in [-0.2, 0) is 20.1 Å². The Morgan fingerprint density at radius 3 is 2.53 bits per heavy atom. The molecule has 0 radical (unpaired) electrons. The van der Waals surface area contributed by atoms with Crippen LogP contribution in [0.3, 0.4) is 0 Å². The monoisotopic (exact) mass is 440 g/mol. The van der Waals surface area contributed by atoms with E-state index in [1.165, 1.54) is 16.7 Å². The molecular formula is C23H25FN4O4. The lowest BCUT2D eigenvalue weighted by Gasteiger charge is -2.27. The predicted octanol–water partition coefficient (Wildman–Crippen LogP) is 2.17. The van der Waals surface area contributed by atoms with Gasteiger partial charge in [0.15, 0.2) is 0 Å². The van der Waals surface area contributed by atoms with Crippen LogP contribution in [0.15, 0.2) is 58.1 Å². The molecule has 1 aromatic heterocycles. The van der Waals surface area contributed by atoms with Crippen LogP contribution < -0.4 is 26.2 Å². The van der Waals surface area contributed by atoms with Gasteiger partial charge in [0.1, 0.15) is 23.1 Å². The van der Waals surface area contributed by atoms with Crippen molar-refractivity contribution in [2.45, 2.75) is 32.8 Å². The Balaban J connectivity index is 1.80. The summed E-state index contributed by atoms with van der Waals surface area (Å²) < 4.78 is 22.1. The van der Waals surface area contributed by atoms with Crippen LogP contribution in [0.4, 0.5) is 15.9 Å². The van der Waals surface area contributed by atoms with E-state index in [9.17, 15) is 19.1 Å². The van der Waals surface area contributed by atoms with Crippen molar-refractivity contribution in [1.82, 2.24) is 9.13 Å². The summed E-state index contributed by atoms with van der Waals surface area (Å²) >= 11 is 0. The van der Waals surface area contributed by atoms with Crippen LogP contribution in [0, 0.1) is 12.7 Å². The average molecular weight is 440 g/mol. The Morgan fingerprint density at radius 1 is 1.12 bits per heavy atom. The van der Waals surface area contributed by atoms with Crippen LogP contribution in [0.1, 0.15) is 17.5 Å². The fourth-order valence-electron chi connectivity index (χ4n) is 3.76. The zero-order chi connectivity index (χ0) is 22.8. The van der Waals surface area contributed by atoms with Crippen molar-refractivity contribution in [1.29, 1.82) is 0 Å². The molecule has 32 heavy (non-hydrogen) atoms. The number of benzene rings is 2. The van der Waals surface area contributed by atoms with Gasteiger partial charge in [-0.3, -0.25) is 13.9 Å². The molecule has 0 fully saturated rings. The van der Waals surface area contributed by atoms with Crippen LogP contribution in [-0.4, -0.2) is 27.2 Å². The summed E-state index contributed by atoms with van der Waals surface area (Å²) in [4.78, 5) is 27.8. The zero-order valence-corrected chi connectivity index (χ0v) is 17.9. The number of para-hydroxylation sites is 1. The topological polar surface area (TPSA) is 88.7 Å². The van der Waals surface area contributed by atoms with E-state index in [0.717, 1.165) is 15.7 Å². The number of halogens is 1. The number of aliphatic hydroxyl groups excluding tert-OH is 1. The van der Waals surface area contributed by atoms with Gasteiger partial charge < -0.3 is 20.1 Å². The first kappa shape index (κ1) is 21.6. The second-order valence-electron chi connectivity index (χ2n) is 7.71. The van der Waals surface area contributed by atoms with E-state index in [4.69, 9.17) is 4.74 Å². The molecular weight excluding hydrogens is 415 g/mol. The summed E-state index contributed by atoms with van der Waals surface area (Å²) in [7, 11) is 1.58. The molecule has 0 bridgehead atoms. The molecule has 3 aromatic rings. The maximum atomic E-state index is 13.4. The second-order valence-corrected chi connectivity index (χ2v) is 7.71. The number of hydrogen-bond acceptors (Lipinski definition) is 6. The van der Waals surface area contributed by atoms with E-state index in [-0.39, 0.29) is 37.6 Å². The number of ether oxygens (including phenoxy) is 1. The Hall–Kier alpha value is -3.59. The molecule has 8 nitrogen and oxygen atoms in total. The number of nitrogens with zero attached hydrogens (tertiary/aromatic N) is 3. The number of rotatable bonds is 7. The van der Waals surface area contributed by atoms with Gasteiger partial charge in [-0.25, -0.2) is 9.18 Å². The second kappa shape index (κ2) is 8.88. The van der Waals surface area contributed by atoms with Crippen LogP contribution in [0.5, 0.6) is 5.75 Å². The standard InChI is InChI=1S/C23H25FN4O4/c1-15-6-3-4-7-18(15)32-22-25-20-19(28(22)14-16-8-10-17(24)11-9-16)21(30)27(12-5-13-29)23(31)26(20)2/h3-4,6-11,22,25,29H,5,12-14H2,1-2H3. The SMILES string of the molecule is Cc1ccccc1OC1Nc2c(c(=O)n(CCCO)c(=O)n2C)N1Cc1ccc(F)cc1. The Bertz CT molecular complexity index is 1240. The Kier molecular flexibility index (Phi) is 6.00. The summed E-state index contributed by atoms with van der Waals surface area (Å²) in [6.07, 6.45) is -0.481. The van der Waals surface area contributed by atoms with E-state index in [1.54, 1.807) is 24.1 Å². The van der Waals surface area contributed by atoms with E-state index in [2.05, 4.69) is 5.32 Å². The van der Waals surface area contributed by atoms with Crippen molar-refractivity contribution in [3.05, 3.63) is 86.3 Å². The number of anilines is 2. The van der Waals surface area contributed by atoms with Crippen molar-refractivity contribution in [3.8, 4) is 5.75 Å². The highest BCUT2D eigenvalue weighted by atomic mass is 19.1. The molecule has 0 saturated carbocycles. The predicted molar refractivity (Wildman–Crippen MR) is 119 cm³/mol. The normalized spacial score (nSPS) is 14.9. The minimum absolute atomic E-state index is 0.100. The van der Waals surface area contributed by atoms with Crippen molar-refractivity contribution in [2.75, 3.05) is 16.8 Å². The molecule has 4 rings (SSSR count). The van der Waals surface area contributed by atoms with Gasteiger partial charge in [-0.15, -0.1) is 0 Å². The van der Waals surface area contributed by atoms with E-state index < -0.39 is 17.6 Å². The highest BCUT2D eigenvalue weighted by molar-refractivity contribution is 5.71. The van der Waals surface area contributed by atoms with Gasteiger partial charge in [0, 0.05) is 26.7 Å². The van der Waals surface area contributed by atoms with Gasteiger partial charge in [-0.1, -0.05) is 30.3 Å². The molecule has 2 heterocycles. The fourth-order valence-corrected chi connectivity index (χ4v) is 3.76.